The zero-order valence-electron chi connectivity index (χ0n) is 31.9. The number of nitrogens with zero attached hydrogens (tertiary/aromatic N) is 7. The number of nitrogens with one attached hydrogen (secondary N) is 2. The number of benzene rings is 2. The Labute approximate surface area is 348 Å². The van der Waals surface area contributed by atoms with Gasteiger partial charge in [-0.1, -0.05) is 11.6 Å². The van der Waals surface area contributed by atoms with Crippen molar-refractivity contribution in [1.29, 1.82) is 0 Å². The number of sulfonamides is 1. The molecule has 2 N–H and O–H groups in total. The number of anilines is 1. The summed E-state index contributed by atoms with van der Waals surface area (Å²) in [4.78, 5) is 37.8. The topological polar surface area (TPSA) is 168 Å². The lowest BCUT2D eigenvalue weighted by atomic mass is 9.91. The minimum atomic E-state index is -3.95. The van der Waals surface area contributed by atoms with Gasteiger partial charge in [0.05, 0.1) is 39.3 Å². The van der Waals surface area contributed by atoms with E-state index in [1.54, 1.807) is 0 Å². The van der Waals surface area contributed by atoms with Gasteiger partial charge in [0.2, 0.25) is 21.8 Å². The van der Waals surface area contributed by atoms with E-state index in [1.807, 2.05) is 0 Å². The first-order valence-corrected chi connectivity index (χ1v) is 21.0. The third-order valence-corrected chi connectivity index (χ3v) is 11.9. The number of halogens is 9. The number of fused-ring (bicyclic) bond motifs is 5. The van der Waals surface area contributed by atoms with Gasteiger partial charge in [-0.15, -0.1) is 0 Å². The van der Waals surface area contributed by atoms with Gasteiger partial charge < -0.3 is 10.1 Å². The number of hydrogen-bond donors (Lipinski definition) is 2. The summed E-state index contributed by atoms with van der Waals surface area (Å²) in [5, 5.41) is 10.3. The zero-order chi connectivity index (χ0) is 44.4. The molecule has 2 fully saturated rings. The molecule has 3 atom stereocenters. The molecule has 326 valence electrons. The second kappa shape index (κ2) is 14.4. The summed E-state index contributed by atoms with van der Waals surface area (Å²) in [6.07, 6.45) is -5.12. The van der Waals surface area contributed by atoms with Crippen molar-refractivity contribution in [2.45, 2.75) is 68.6 Å². The van der Waals surface area contributed by atoms with E-state index in [0.29, 0.717) is 10.7 Å². The predicted octanol–water partition coefficient (Wildman–Crippen LogP) is 6.59. The van der Waals surface area contributed by atoms with Crippen LogP contribution in [0.15, 0.2) is 47.3 Å². The van der Waals surface area contributed by atoms with Crippen molar-refractivity contribution in [3.8, 4) is 11.6 Å². The molecule has 2 aromatic carbocycles. The predicted molar refractivity (Wildman–Crippen MR) is 204 cm³/mol. The van der Waals surface area contributed by atoms with Crippen molar-refractivity contribution in [2.24, 2.45) is 13.0 Å². The summed E-state index contributed by atoms with van der Waals surface area (Å²) in [6.45, 7) is -1.05. The average Bonchev–Trinajstić information content (AvgIpc) is 3.69. The minimum absolute atomic E-state index is 0.00310. The van der Waals surface area contributed by atoms with Gasteiger partial charge in [0, 0.05) is 49.9 Å². The van der Waals surface area contributed by atoms with Gasteiger partial charge >= 0.3 is 0 Å². The molecule has 3 aliphatic carbocycles. The molecule has 6 aromatic rings. The largest absolute Gasteiger partial charge is 0.474 e. The van der Waals surface area contributed by atoms with Crippen LogP contribution in [-0.4, -0.2) is 66.7 Å². The van der Waals surface area contributed by atoms with Crippen molar-refractivity contribution >= 4 is 55.3 Å². The number of pyridine rings is 1. The van der Waals surface area contributed by atoms with Crippen LogP contribution in [0.2, 0.25) is 5.02 Å². The number of hydrogen-bond acceptors (Lipinski definition) is 9. The molecule has 62 heavy (non-hydrogen) atoms. The molecule has 0 radical (unpaired) electrons. The Morgan fingerprint density at radius 3 is 2.40 bits per heavy atom. The van der Waals surface area contributed by atoms with Crippen LogP contribution in [0.1, 0.15) is 66.0 Å². The minimum Gasteiger partial charge on any atom is -0.474 e. The van der Waals surface area contributed by atoms with Gasteiger partial charge in [-0.05, 0) is 48.2 Å². The molecular weight excluding hydrogens is 882 g/mol. The lowest BCUT2D eigenvalue weighted by molar-refractivity contribution is -0.135. The number of amides is 1. The molecule has 3 aliphatic rings. The van der Waals surface area contributed by atoms with Crippen molar-refractivity contribution in [1.82, 2.24) is 39.4 Å². The van der Waals surface area contributed by atoms with Crippen molar-refractivity contribution in [3.05, 3.63) is 97.8 Å². The summed E-state index contributed by atoms with van der Waals surface area (Å²) >= 11 is 6.57. The number of aromatic nitrogens is 7. The van der Waals surface area contributed by atoms with Gasteiger partial charge in [0.25, 0.3) is 23.8 Å². The van der Waals surface area contributed by atoms with E-state index in [9.17, 15) is 44.3 Å². The lowest BCUT2D eigenvalue weighted by Crippen LogP contribution is -2.43. The molecular formula is C38H30ClF8N9O5S. The molecule has 14 nitrogen and oxygen atoms in total. The fourth-order valence-electron chi connectivity index (χ4n) is 8.37. The number of rotatable bonds is 12. The van der Waals surface area contributed by atoms with Gasteiger partial charge in [0.15, 0.2) is 11.5 Å². The van der Waals surface area contributed by atoms with Crippen LogP contribution in [0, 0.1) is 17.6 Å². The maximum absolute atomic E-state index is 15.5. The van der Waals surface area contributed by atoms with Crippen LogP contribution in [0.3, 0.4) is 0 Å². The smallest absolute Gasteiger partial charge is 0.293 e. The summed E-state index contributed by atoms with van der Waals surface area (Å²) in [5.74, 6) is -12.7. The van der Waals surface area contributed by atoms with Crippen LogP contribution in [0.4, 0.5) is 40.9 Å². The molecule has 1 amide bonds. The van der Waals surface area contributed by atoms with Crippen molar-refractivity contribution < 1.29 is 53.1 Å². The first-order chi connectivity index (χ1) is 29.1. The van der Waals surface area contributed by atoms with E-state index in [4.69, 9.17) is 16.3 Å². The maximum Gasteiger partial charge on any atom is 0.293 e. The Morgan fingerprint density at radius 2 is 1.74 bits per heavy atom. The highest BCUT2D eigenvalue weighted by Crippen LogP contribution is 2.68. The zero-order valence-corrected chi connectivity index (χ0v) is 33.5. The number of carbonyl (C=O) groups excluding carboxylic acids is 1. The lowest BCUT2D eigenvalue weighted by Gasteiger charge is -2.34. The Bertz CT molecular complexity index is 3020. The van der Waals surface area contributed by atoms with Gasteiger partial charge in [0.1, 0.15) is 41.5 Å². The first-order valence-electron chi connectivity index (χ1n) is 18.7. The van der Waals surface area contributed by atoms with E-state index < -0.39 is 118 Å². The SMILES string of the molecule is Cn1nc(NS(C)(=O)=O)c2c(Cl)ccc(-n3c([C@H](Cc4cc(F)cc(F)c4)NC(=O)Cn4nc(C(F)F)c5c4C(F)(F)[C@@H]4C[C@H]54)nc4nc(OC5CC(F)(F)C5)ccc4c3=O)c21. The molecule has 0 bridgehead atoms. The molecule has 0 aliphatic heterocycles. The monoisotopic (exact) mass is 911 g/mol. The van der Waals surface area contributed by atoms with Crippen molar-refractivity contribution in [3.63, 3.8) is 0 Å². The number of aryl methyl sites for hydroxylation is 1. The van der Waals surface area contributed by atoms with Crippen LogP contribution in [0.25, 0.3) is 27.6 Å². The second-order valence-corrected chi connectivity index (χ2v) is 17.7. The Hall–Kier alpha value is -5.84. The third kappa shape index (κ3) is 7.26. The number of alkyl halides is 6. The fraction of sp³-hybridized carbons (Fsp3) is 0.368. The number of carbonyl (C=O) groups is 1. The molecule has 2 saturated carbocycles. The Kier molecular flexibility index (Phi) is 9.61. The van der Waals surface area contributed by atoms with Crippen LogP contribution in [-0.2, 0) is 40.8 Å². The maximum atomic E-state index is 15.5. The van der Waals surface area contributed by atoms with Crippen LogP contribution in [0.5, 0.6) is 5.88 Å². The molecule has 24 heteroatoms. The van der Waals surface area contributed by atoms with Gasteiger partial charge in [-0.2, -0.15) is 24.0 Å². The third-order valence-electron chi connectivity index (χ3n) is 11.0. The van der Waals surface area contributed by atoms with E-state index in [-0.39, 0.29) is 61.9 Å². The first kappa shape index (κ1) is 41.5. The highest BCUT2D eigenvalue weighted by atomic mass is 35.5. The summed E-state index contributed by atoms with van der Waals surface area (Å²) in [7, 11) is -2.56. The summed E-state index contributed by atoms with van der Waals surface area (Å²) in [6, 6.07) is 5.89. The Balaban J connectivity index is 1.22. The highest BCUT2D eigenvalue weighted by Gasteiger charge is 2.67. The van der Waals surface area contributed by atoms with Crippen LogP contribution < -0.4 is 20.3 Å². The van der Waals surface area contributed by atoms with Gasteiger partial charge in [-0.3, -0.25) is 28.2 Å². The van der Waals surface area contributed by atoms with E-state index in [1.165, 1.54) is 36.0 Å². The van der Waals surface area contributed by atoms with E-state index in [2.05, 4.69) is 30.2 Å². The molecule has 0 spiro atoms. The summed E-state index contributed by atoms with van der Waals surface area (Å²) < 4.78 is 151. The normalized spacial score (nSPS) is 19.4. The van der Waals surface area contributed by atoms with E-state index >= 15 is 8.78 Å². The molecule has 4 heterocycles. The molecule has 4 aromatic heterocycles. The second-order valence-electron chi connectivity index (χ2n) is 15.6. The van der Waals surface area contributed by atoms with Gasteiger partial charge in [-0.25, -0.2) is 39.7 Å². The molecule has 0 unspecified atom stereocenters. The van der Waals surface area contributed by atoms with Crippen LogP contribution >= 0.6 is 11.6 Å². The highest BCUT2D eigenvalue weighted by molar-refractivity contribution is 7.92. The Morgan fingerprint density at radius 1 is 1.03 bits per heavy atom. The quantitative estimate of drug-likeness (QED) is 0.129. The van der Waals surface area contributed by atoms with E-state index in [0.717, 1.165) is 23.0 Å². The average molecular weight is 912 g/mol. The molecule has 0 saturated heterocycles. The van der Waals surface area contributed by atoms with Crippen molar-refractivity contribution in [2.75, 3.05) is 11.0 Å². The fourth-order valence-corrected chi connectivity index (χ4v) is 9.11. The standard InChI is InChI=1S/C38H30ClF8N9O5S/c1-54-30-24(5-4-22(39)28(30)34(52-54)53-62(2,59)60)56-35(50-33-19(36(56)58)3-6-26(49-33)61-18-12-37(44,45)13-18)23(9-15-7-16(40)10-17(41)8-15)48-25(57)14-55-31-27(29(51-55)32(42)43)20-11-21(20)38(31,46)47/h3-8,10,18,20-21,23,32H,9,11-14H2,1-2H3,(H,48,57)(H,52,53)/t20-,21+,23-/m0/s1. The number of ether oxygens (including phenoxy) is 1. The summed E-state index contributed by atoms with van der Waals surface area (Å²) in [5.41, 5.74) is -3.49. The molecule has 9 rings (SSSR count).